The maximum absolute atomic E-state index is 11.7. The molecule has 1 aromatic heterocycles. The van der Waals surface area contributed by atoms with Crippen LogP contribution < -0.4 is 5.32 Å². The Morgan fingerprint density at radius 2 is 2.09 bits per heavy atom. The Morgan fingerprint density at radius 3 is 2.86 bits per heavy atom. The predicted octanol–water partition coefficient (Wildman–Crippen LogP) is 4.81. The molecular formula is C17H15ClN2O2. The largest absolute Gasteiger partial charge is 0.436 e. The van der Waals surface area contributed by atoms with E-state index < -0.39 is 0 Å². The van der Waals surface area contributed by atoms with Crippen molar-refractivity contribution in [2.24, 2.45) is 0 Å². The second kappa shape index (κ2) is 5.81. The summed E-state index contributed by atoms with van der Waals surface area (Å²) in [6.45, 7) is 3.79. The first-order valence-corrected chi connectivity index (χ1v) is 7.41. The zero-order chi connectivity index (χ0) is 15.7. The number of hydrogen-bond donors (Lipinski definition) is 1. The molecule has 1 heterocycles. The number of amides is 1. The zero-order valence-electron chi connectivity index (χ0n) is 12.3. The third-order valence-corrected chi connectivity index (χ3v) is 3.59. The van der Waals surface area contributed by atoms with Crippen molar-refractivity contribution in [3.63, 3.8) is 0 Å². The second-order valence-electron chi connectivity index (χ2n) is 5.08. The van der Waals surface area contributed by atoms with Crippen molar-refractivity contribution >= 4 is 34.3 Å². The number of carbonyl (C=O) groups excluding carboxylic acids is 1. The van der Waals surface area contributed by atoms with E-state index in [0.29, 0.717) is 34.1 Å². The van der Waals surface area contributed by atoms with Crippen molar-refractivity contribution < 1.29 is 9.21 Å². The lowest BCUT2D eigenvalue weighted by molar-refractivity contribution is -0.115. The molecule has 0 saturated carbocycles. The quantitative estimate of drug-likeness (QED) is 0.755. The van der Waals surface area contributed by atoms with E-state index in [0.717, 1.165) is 11.1 Å². The first-order chi connectivity index (χ1) is 10.6. The van der Waals surface area contributed by atoms with Crippen LogP contribution in [-0.2, 0) is 4.79 Å². The van der Waals surface area contributed by atoms with E-state index >= 15 is 0 Å². The SMILES string of the molecule is CCC(=O)Nc1ccc(C)cc1-c1nc2cc(Cl)ccc2o1. The molecule has 0 aliphatic rings. The highest BCUT2D eigenvalue weighted by atomic mass is 35.5. The number of carbonyl (C=O) groups is 1. The van der Waals surface area contributed by atoms with Crippen molar-refractivity contribution in [3.8, 4) is 11.5 Å². The van der Waals surface area contributed by atoms with Gasteiger partial charge in [0.15, 0.2) is 5.58 Å². The van der Waals surface area contributed by atoms with E-state index in [9.17, 15) is 4.79 Å². The van der Waals surface area contributed by atoms with Gasteiger partial charge in [-0.3, -0.25) is 4.79 Å². The number of hydrogen-bond acceptors (Lipinski definition) is 3. The Labute approximate surface area is 133 Å². The van der Waals surface area contributed by atoms with Crippen molar-refractivity contribution in [3.05, 3.63) is 47.0 Å². The van der Waals surface area contributed by atoms with Crippen LogP contribution >= 0.6 is 11.6 Å². The molecule has 0 radical (unpaired) electrons. The van der Waals surface area contributed by atoms with E-state index in [2.05, 4.69) is 10.3 Å². The van der Waals surface area contributed by atoms with Crippen LogP contribution in [0.5, 0.6) is 0 Å². The molecule has 3 rings (SSSR count). The van der Waals surface area contributed by atoms with Gasteiger partial charge >= 0.3 is 0 Å². The molecule has 0 atom stereocenters. The third kappa shape index (κ3) is 2.83. The van der Waals surface area contributed by atoms with Gasteiger partial charge in [-0.25, -0.2) is 4.98 Å². The number of anilines is 1. The normalized spacial score (nSPS) is 10.9. The van der Waals surface area contributed by atoms with Gasteiger partial charge in [0.05, 0.1) is 11.3 Å². The number of aryl methyl sites for hydroxylation is 1. The average Bonchev–Trinajstić information content (AvgIpc) is 2.91. The van der Waals surface area contributed by atoms with Crippen LogP contribution in [0.15, 0.2) is 40.8 Å². The van der Waals surface area contributed by atoms with Crippen LogP contribution in [0.3, 0.4) is 0 Å². The van der Waals surface area contributed by atoms with Gasteiger partial charge in [-0.15, -0.1) is 0 Å². The molecular weight excluding hydrogens is 300 g/mol. The Hall–Kier alpha value is -2.33. The van der Waals surface area contributed by atoms with Gasteiger partial charge in [-0.05, 0) is 37.3 Å². The van der Waals surface area contributed by atoms with Gasteiger partial charge in [-0.2, -0.15) is 0 Å². The Bertz CT molecular complexity index is 855. The molecule has 112 valence electrons. The fraction of sp³-hybridized carbons (Fsp3) is 0.176. The van der Waals surface area contributed by atoms with E-state index in [1.165, 1.54) is 0 Å². The summed E-state index contributed by atoms with van der Waals surface area (Å²) in [5, 5.41) is 3.48. The number of nitrogens with one attached hydrogen (secondary N) is 1. The predicted molar refractivity (Wildman–Crippen MR) is 88.1 cm³/mol. The van der Waals surface area contributed by atoms with Gasteiger partial charge < -0.3 is 9.73 Å². The molecule has 0 aliphatic heterocycles. The number of oxazole rings is 1. The van der Waals surface area contributed by atoms with Gasteiger partial charge in [0.25, 0.3) is 0 Å². The molecule has 0 spiro atoms. The summed E-state index contributed by atoms with van der Waals surface area (Å²) in [7, 11) is 0. The summed E-state index contributed by atoms with van der Waals surface area (Å²) in [5.74, 6) is 0.414. The topological polar surface area (TPSA) is 55.1 Å². The van der Waals surface area contributed by atoms with Crippen LogP contribution in [0.1, 0.15) is 18.9 Å². The fourth-order valence-corrected chi connectivity index (χ4v) is 2.36. The molecule has 5 heteroatoms. The summed E-state index contributed by atoms with van der Waals surface area (Å²) in [6.07, 6.45) is 0.413. The van der Waals surface area contributed by atoms with Crippen LogP contribution in [0.4, 0.5) is 5.69 Å². The van der Waals surface area contributed by atoms with Crippen LogP contribution in [-0.4, -0.2) is 10.9 Å². The molecule has 3 aromatic rings. The number of halogens is 1. The number of benzene rings is 2. The Balaban J connectivity index is 2.11. The summed E-state index contributed by atoms with van der Waals surface area (Å²) < 4.78 is 5.80. The van der Waals surface area contributed by atoms with E-state index in [1.807, 2.05) is 32.0 Å². The lowest BCUT2D eigenvalue weighted by atomic mass is 10.1. The highest BCUT2D eigenvalue weighted by Gasteiger charge is 2.14. The highest BCUT2D eigenvalue weighted by molar-refractivity contribution is 6.31. The number of nitrogens with zero attached hydrogens (tertiary/aromatic N) is 1. The summed E-state index contributed by atoms with van der Waals surface area (Å²) >= 11 is 5.98. The van der Waals surface area contributed by atoms with E-state index in [-0.39, 0.29) is 5.91 Å². The zero-order valence-corrected chi connectivity index (χ0v) is 13.1. The first kappa shape index (κ1) is 14.6. The molecule has 0 fully saturated rings. The summed E-state index contributed by atoms with van der Waals surface area (Å²) in [6, 6.07) is 11.0. The standard InChI is InChI=1S/C17H15ClN2O2/c1-3-16(21)19-13-6-4-10(2)8-12(13)17-20-14-9-11(18)5-7-15(14)22-17/h4-9H,3H2,1-2H3,(H,19,21). The first-order valence-electron chi connectivity index (χ1n) is 7.04. The highest BCUT2D eigenvalue weighted by Crippen LogP contribution is 2.32. The van der Waals surface area contributed by atoms with Crippen molar-refractivity contribution in [1.82, 2.24) is 4.98 Å². The van der Waals surface area contributed by atoms with Gasteiger partial charge in [0, 0.05) is 11.4 Å². The number of fused-ring (bicyclic) bond motifs is 1. The Morgan fingerprint density at radius 1 is 1.27 bits per heavy atom. The fourth-order valence-electron chi connectivity index (χ4n) is 2.20. The molecule has 0 saturated heterocycles. The van der Waals surface area contributed by atoms with Gasteiger partial charge in [0.1, 0.15) is 5.52 Å². The molecule has 2 aromatic carbocycles. The van der Waals surface area contributed by atoms with Crippen molar-refractivity contribution in [1.29, 1.82) is 0 Å². The van der Waals surface area contributed by atoms with Crippen LogP contribution in [0.2, 0.25) is 5.02 Å². The molecule has 0 aliphatic carbocycles. The maximum atomic E-state index is 11.7. The third-order valence-electron chi connectivity index (χ3n) is 3.35. The van der Waals surface area contributed by atoms with E-state index in [4.69, 9.17) is 16.0 Å². The molecule has 1 amide bonds. The van der Waals surface area contributed by atoms with Crippen molar-refractivity contribution in [2.75, 3.05) is 5.32 Å². The lowest BCUT2D eigenvalue weighted by Crippen LogP contribution is -2.10. The van der Waals surface area contributed by atoms with E-state index in [1.54, 1.807) is 18.2 Å². The number of rotatable bonds is 3. The summed E-state index contributed by atoms with van der Waals surface area (Å²) in [4.78, 5) is 16.2. The molecule has 1 N–H and O–H groups in total. The Kier molecular flexibility index (Phi) is 3.86. The minimum absolute atomic E-state index is 0.0516. The summed E-state index contributed by atoms with van der Waals surface area (Å²) in [5.41, 5.74) is 3.86. The van der Waals surface area contributed by atoms with Gasteiger partial charge in [-0.1, -0.05) is 30.2 Å². The van der Waals surface area contributed by atoms with Crippen molar-refractivity contribution in [2.45, 2.75) is 20.3 Å². The van der Waals surface area contributed by atoms with Crippen LogP contribution in [0.25, 0.3) is 22.6 Å². The lowest BCUT2D eigenvalue weighted by Gasteiger charge is -2.09. The average molecular weight is 315 g/mol. The number of aromatic nitrogens is 1. The molecule has 0 bridgehead atoms. The van der Waals surface area contributed by atoms with Crippen LogP contribution in [0, 0.1) is 6.92 Å². The molecule has 4 nitrogen and oxygen atoms in total. The molecule has 22 heavy (non-hydrogen) atoms. The second-order valence-corrected chi connectivity index (χ2v) is 5.52. The van der Waals surface area contributed by atoms with Gasteiger partial charge in [0.2, 0.25) is 11.8 Å². The minimum Gasteiger partial charge on any atom is -0.436 e. The minimum atomic E-state index is -0.0516. The smallest absolute Gasteiger partial charge is 0.229 e. The monoisotopic (exact) mass is 314 g/mol. The molecule has 0 unspecified atom stereocenters. The maximum Gasteiger partial charge on any atom is 0.229 e.